The monoisotopic (exact) mass is 416 g/mol. The number of benzene rings is 3. The van der Waals surface area contributed by atoms with Crippen LogP contribution in [0, 0.1) is 5.82 Å². The van der Waals surface area contributed by atoms with Gasteiger partial charge in [0.2, 0.25) is 5.91 Å². The molecule has 0 bridgehead atoms. The van der Waals surface area contributed by atoms with Gasteiger partial charge in [0.1, 0.15) is 5.82 Å². The standard InChI is InChI=1S/C26H25FN2O2/c1-2-28-25(30)18-22-9-6-10-24(17-22)29(19-21-11-14-23(27)15-12-21)26(31)16-13-20-7-4-3-5-8-20/h3-17H,2,18-19H2,1H3,(H,28,30). The maximum Gasteiger partial charge on any atom is 0.251 e. The van der Waals surface area contributed by atoms with E-state index < -0.39 is 0 Å². The van der Waals surface area contributed by atoms with E-state index in [4.69, 9.17) is 0 Å². The van der Waals surface area contributed by atoms with Crippen molar-refractivity contribution in [2.45, 2.75) is 19.9 Å². The van der Waals surface area contributed by atoms with Crippen molar-refractivity contribution in [1.29, 1.82) is 0 Å². The first-order chi connectivity index (χ1) is 15.0. The molecule has 2 amide bonds. The second kappa shape index (κ2) is 10.9. The topological polar surface area (TPSA) is 49.4 Å². The highest BCUT2D eigenvalue weighted by molar-refractivity contribution is 6.03. The van der Waals surface area contributed by atoms with Gasteiger partial charge >= 0.3 is 0 Å². The highest BCUT2D eigenvalue weighted by Crippen LogP contribution is 2.21. The maximum atomic E-state index is 13.3. The number of carbonyl (C=O) groups excluding carboxylic acids is 2. The molecule has 0 aliphatic carbocycles. The average molecular weight is 416 g/mol. The van der Waals surface area contributed by atoms with Crippen LogP contribution in [0.5, 0.6) is 0 Å². The SMILES string of the molecule is CCNC(=O)Cc1cccc(N(Cc2ccc(F)cc2)C(=O)C=Cc2ccccc2)c1. The van der Waals surface area contributed by atoms with Crippen molar-refractivity contribution in [2.24, 2.45) is 0 Å². The Morgan fingerprint density at radius 3 is 2.39 bits per heavy atom. The minimum absolute atomic E-state index is 0.0694. The molecule has 5 heteroatoms. The molecule has 0 fully saturated rings. The molecule has 0 aromatic heterocycles. The summed E-state index contributed by atoms with van der Waals surface area (Å²) in [5.41, 5.74) is 3.21. The van der Waals surface area contributed by atoms with Gasteiger partial charge in [-0.3, -0.25) is 9.59 Å². The summed E-state index contributed by atoms with van der Waals surface area (Å²) in [6.07, 6.45) is 3.52. The molecule has 0 aliphatic heterocycles. The summed E-state index contributed by atoms with van der Waals surface area (Å²) in [6, 6.07) is 23.0. The van der Waals surface area contributed by atoms with E-state index in [1.54, 1.807) is 23.1 Å². The van der Waals surface area contributed by atoms with Gasteiger partial charge in [0, 0.05) is 18.3 Å². The van der Waals surface area contributed by atoms with Gasteiger partial charge < -0.3 is 10.2 Å². The maximum absolute atomic E-state index is 13.3. The Labute approximate surface area is 182 Å². The molecule has 0 radical (unpaired) electrons. The van der Waals surface area contributed by atoms with Crippen LogP contribution >= 0.6 is 0 Å². The number of halogens is 1. The van der Waals surface area contributed by atoms with Crippen LogP contribution in [0.4, 0.5) is 10.1 Å². The van der Waals surface area contributed by atoms with E-state index in [1.807, 2.05) is 61.5 Å². The molecule has 0 saturated carbocycles. The number of hydrogen-bond donors (Lipinski definition) is 1. The second-order valence-corrected chi connectivity index (χ2v) is 7.10. The molecule has 0 heterocycles. The first kappa shape index (κ1) is 22.0. The summed E-state index contributed by atoms with van der Waals surface area (Å²) in [5.74, 6) is -0.599. The van der Waals surface area contributed by atoms with E-state index >= 15 is 0 Å². The molecule has 3 rings (SSSR count). The predicted molar refractivity (Wildman–Crippen MR) is 122 cm³/mol. The summed E-state index contributed by atoms with van der Waals surface area (Å²) in [7, 11) is 0. The minimum Gasteiger partial charge on any atom is -0.356 e. The fraction of sp³-hybridized carbons (Fsp3) is 0.154. The van der Waals surface area contributed by atoms with Gasteiger partial charge in [-0.2, -0.15) is 0 Å². The molecule has 4 nitrogen and oxygen atoms in total. The van der Waals surface area contributed by atoms with E-state index in [0.717, 1.165) is 16.7 Å². The third-order valence-corrected chi connectivity index (χ3v) is 4.70. The smallest absolute Gasteiger partial charge is 0.251 e. The zero-order chi connectivity index (χ0) is 22.1. The lowest BCUT2D eigenvalue weighted by Crippen LogP contribution is -2.29. The van der Waals surface area contributed by atoms with Crippen LogP contribution in [0.2, 0.25) is 0 Å². The Balaban J connectivity index is 1.87. The average Bonchev–Trinajstić information content (AvgIpc) is 2.78. The number of hydrogen-bond acceptors (Lipinski definition) is 2. The largest absolute Gasteiger partial charge is 0.356 e. The molecule has 1 N–H and O–H groups in total. The summed E-state index contributed by atoms with van der Waals surface area (Å²) in [6.45, 7) is 2.72. The first-order valence-electron chi connectivity index (χ1n) is 10.2. The number of rotatable bonds is 8. The van der Waals surface area contributed by atoms with Crippen molar-refractivity contribution in [1.82, 2.24) is 5.32 Å². The third-order valence-electron chi connectivity index (χ3n) is 4.70. The Kier molecular flexibility index (Phi) is 7.71. The molecule has 0 saturated heterocycles. The van der Waals surface area contributed by atoms with Gasteiger partial charge in [0.05, 0.1) is 13.0 Å². The number of nitrogens with one attached hydrogen (secondary N) is 1. The zero-order valence-corrected chi connectivity index (χ0v) is 17.4. The van der Waals surface area contributed by atoms with Crippen LogP contribution in [0.1, 0.15) is 23.6 Å². The fourth-order valence-corrected chi connectivity index (χ4v) is 3.17. The Hall–Kier alpha value is -3.73. The minimum atomic E-state index is -0.325. The molecule has 158 valence electrons. The normalized spacial score (nSPS) is 10.8. The van der Waals surface area contributed by atoms with Crippen molar-refractivity contribution in [2.75, 3.05) is 11.4 Å². The van der Waals surface area contributed by atoms with E-state index in [-0.39, 0.29) is 30.6 Å². The van der Waals surface area contributed by atoms with Crippen molar-refractivity contribution >= 4 is 23.6 Å². The van der Waals surface area contributed by atoms with Crippen molar-refractivity contribution in [3.8, 4) is 0 Å². The van der Waals surface area contributed by atoms with Gasteiger partial charge in [0.25, 0.3) is 5.91 Å². The van der Waals surface area contributed by atoms with Crippen LogP contribution in [-0.4, -0.2) is 18.4 Å². The summed E-state index contributed by atoms with van der Waals surface area (Å²) >= 11 is 0. The quantitative estimate of drug-likeness (QED) is 0.539. The van der Waals surface area contributed by atoms with Gasteiger partial charge in [-0.05, 0) is 54.0 Å². The Bertz CT molecular complexity index is 1050. The van der Waals surface area contributed by atoms with Crippen LogP contribution in [0.15, 0.2) is 84.9 Å². The number of nitrogens with zero attached hydrogens (tertiary/aromatic N) is 1. The van der Waals surface area contributed by atoms with Crippen molar-refractivity contribution in [3.05, 3.63) is 107 Å². The molecule has 3 aromatic carbocycles. The molecule has 0 aliphatic rings. The van der Waals surface area contributed by atoms with Gasteiger partial charge in [0.15, 0.2) is 0 Å². The summed E-state index contributed by atoms with van der Waals surface area (Å²) in [4.78, 5) is 26.7. The van der Waals surface area contributed by atoms with Gasteiger partial charge in [-0.25, -0.2) is 4.39 Å². The lowest BCUT2D eigenvalue weighted by molar-refractivity contribution is -0.120. The van der Waals surface area contributed by atoms with Crippen LogP contribution in [-0.2, 0) is 22.6 Å². The summed E-state index contributed by atoms with van der Waals surface area (Å²) < 4.78 is 13.3. The van der Waals surface area contributed by atoms with Crippen LogP contribution in [0.3, 0.4) is 0 Å². The Morgan fingerprint density at radius 2 is 1.68 bits per heavy atom. The van der Waals surface area contributed by atoms with Crippen molar-refractivity contribution in [3.63, 3.8) is 0 Å². The highest BCUT2D eigenvalue weighted by atomic mass is 19.1. The van der Waals surface area contributed by atoms with Crippen molar-refractivity contribution < 1.29 is 14.0 Å². The number of carbonyl (C=O) groups is 2. The number of amides is 2. The number of likely N-dealkylation sites (N-methyl/N-ethyl adjacent to an activating group) is 1. The van der Waals surface area contributed by atoms with E-state index in [9.17, 15) is 14.0 Å². The van der Waals surface area contributed by atoms with E-state index in [1.165, 1.54) is 18.2 Å². The van der Waals surface area contributed by atoms with E-state index in [2.05, 4.69) is 5.32 Å². The van der Waals surface area contributed by atoms with Crippen LogP contribution < -0.4 is 10.2 Å². The molecule has 0 unspecified atom stereocenters. The molecular weight excluding hydrogens is 391 g/mol. The third kappa shape index (κ3) is 6.64. The molecular formula is C26H25FN2O2. The molecule has 3 aromatic rings. The molecule has 31 heavy (non-hydrogen) atoms. The zero-order valence-electron chi connectivity index (χ0n) is 17.4. The van der Waals surface area contributed by atoms with Gasteiger partial charge in [-0.15, -0.1) is 0 Å². The Morgan fingerprint density at radius 1 is 0.935 bits per heavy atom. The number of anilines is 1. The van der Waals surface area contributed by atoms with E-state index in [0.29, 0.717) is 12.2 Å². The predicted octanol–water partition coefficient (Wildman–Crippen LogP) is 4.75. The van der Waals surface area contributed by atoms with Crippen LogP contribution in [0.25, 0.3) is 6.08 Å². The highest BCUT2D eigenvalue weighted by Gasteiger charge is 2.15. The first-order valence-corrected chi connectivity index (χ1v) is 10.2. The van der Waals surface area contributed by atoms with Gasteiger partial charge in [-0.1, -0.05) is 54.6 Å². The molecule has 0 spiro atoms. The summed E-state index contributed by atoms with van der Waals surface area (Å²) in [5, 5.41) is 2.78. The second-order valence-electron chi connectivity index (χ2n) is 7.10. The molecule has 0 atom stereocenters. The lowest BCUT2D eigenvalue weighted by atomic mass is 10.1. The lowest BCUT2D eigenvalue weighted by Gasteiger charge is -2.22. The fourth-order valence-electron chi connectivity index (χ4n) is 3.17.